The van der Waals surface area contributed by atoms with Crippen LogP contribution in [0.3, 0.4) is 0 Å². The molecule has 170 valence electrons. The predicted molar refractivity (Wildman–Crippen MR) is 128 cm³/mol. The summed E-state index contributed by atoms with van der Waals surface area (Å²) < 4.78 is 28.0. The number of rotatable bonds is 11. The second-order valence-electron chi connectivity index (χ2n) is 7.98. The van der Waals surface area contributed by atoms with Gasteiger partial charge in [0.05, 0.1) is 10.6 Å². The highest BCUT2D eigenvalue weighted by Crippen LogP contribution is 2.28. The molecule has 1 amide bonds. The third-order valence-corrected chi connectivity index (χ3v) is 7.67. The van der Waals surface area contributed by atoms with Crippen molar-refractivity contribution in [2.45, 2.75) is 58.3 Å². The Morgan fingerprint density at radius 2 is 1.77 bits per heavy atom. The van der Waals surface area contributed by atoms with Crippen molar-refractivity contribution >= 4 is 33.2 Å². The Labute approximate surface area is 191 Å². The first-order chi connectivity index (χ1) is 14.7. The van der Waals surface area contributed by atoms with Gasteiger partial charge in [-0.2, -0.15) is 0 Å². The van der Waals surface area contributed by atoms with Crippen LogP contribution in [0, 0.1) is 19.8 Å². The normalized spacial score (nSPS) is 12.4. The van der Waals surface area contributed by atoms with Crippen LogP contribution in [0.15, 0.2) is 47.4 Å². The lowest BCUT2D eigenvalue weighted by Gasteiger charge is -2.25. The number of sulfonamides is 1. The number of amides is 1. The SMILES string of the molecule is CCCC[C@@H](CC)CNC(=O)CN(c1ccc(C)c(Cl)c1)S(=O)(=O)c1ccc(C)cc1. The largest absolute Gasteiger partial charge is 0.354 e. The number of nitrogens with one attached hydrogen (secondary N) is 1. The molecule has 5 nitrogen and oxygen atoms in total. The summed E-state index contributed by atoms with van der Waals surface area (Å²) in [4.78, 5) is 12.9. The molecule has 0 aliphatic carbocycles. The second kappa shape index (κ2) is 11.5. The Morgan fingerprint density at radius 1 is 1.10 bits per heavy atom. The van der Waals surface area contributed by atoms with E-state index in [9.17, 15) is 13.2 Å². The summed E-state index contributed by atoms with van der Waals surface area (Å²) in [5.41, 5.74) is 2.16. The van der Waals surface area contributed by atoms with Gasteiger partial charge in [0.2, 0.25) is 5.91 Å². The summed E-state index contributed by atoms with van der Waals surface area (Å²) in [7, 11) is -3.94. The zero-order chi connectivity index (χ0) is 23.0. The summed E-state index contributed by atoms with van der Waals surface area (Å²) in [5.74, 6) is 0.0576. The maximum Gasteiger partial charge on any atom is 0.264 e. The number of hydrogen-bond donors (Lipinski definition) is 1. The number of carbonyl (C=O) groups is 1. The number of hydrogen-bond acceptors (Lipinski definition) is 3. The Balaban J connectivity index is 2.29. The van der Waals surface area contributed by atoms with E-state index in [-0.39, 0.29) is 17.3 Å². The van der Waals surface area contributed by atoms with Gasteiger partial charge < -0.3 is 5.32 Å². The molecule has 0 aliphatic rings. The highest BCUT2D eigenvalue weighted by molar-refractivity contribution is 7.92. The first-order valence-corrected chi connectivity index (χ1v) is 12.6. The molecule has 1 atom stereocenters. The molecule has 0 unspecified atom stereocenters. The van der Waals surface area contributed by atoms with Gasteiger partial charge in [0.15, 0.2) is 0 Å². The molecular weight excluding hydrogens is 432 g/mol. The van der Waals surface area contributed by atoms with E-state index >= 15 is 0 Å². The molecular formula is C24H33ClN2O3S. The first-order valence-electron chi connectivity index (χ1n) is 10.8. The molecule has 0 heterocycles. The van der Waals surface area contributed by atoms with Crippen molar-refractivity contribution in [3.63, 3.8) is 0 Å². The number of benzene rings is 2. The molecule has 0 radical (unpaired) electrons. The monoisotopic (exact) mass is 464 g/mol. The molecule has 0 saturated heterocycles. The molecule has 31 heavy (non-hydrogen) atoms. The fraction of sp³-hybridized carbons (Fsp3) is 0.458. The van der Waals surface area contributed by atoms with Crippen molar-refractivity contribution in [1.29, 1.82) is 0 Å². The molecule has 2 rings (SSSR count). The molecule has 0 aliphatic heterocycles. The van der Waals surface area contributed by atoms with E-state index in [1.54, 1.807) is 42.5 Å². The van der Waals surface area contributed by atoms with Crippen molar-refractivity contribution in [3.05, 3.63) is 58.6 Å². The predicted octanol–water partition coefficient (Wildman–Crippen LogP) is 5.48. The van der Waals surface area contributed by atoms with Crippen LogP contribution in [0.5, 0.6) is 0 Å². The van der Waals surface area contributed by atoms with Gasteiger partial charge in [-0.25, -0.2) is 8.42 Å². The molecule has 2 aromatic rings. The molecule has 0 saturated carbocycles. The maximum atomic E-state index is 13.4. The Hall–Kier alpha value is -2.05. The number of unbranched alkanes of at least 4 members (excludes halogenated alkanes) is 1. The summed E-state index contributed by atoms with van der Waals surface area (Å²) in [6, 6.07) is 11.6. The quantitative estimate of drug-likeness (QED) is 0.478. The van der Waals surface area contributed by atoms with Crippen molar-refractivity contribution in [3.8, 4) is 0 Å². The van der Waals surface area contributed by atoms with Gasteiger partial charge in [-0.3, -0.25) is 9.10 Å². The summed E-state index contributed by atoms with van der Waals surface area (Å²) in [6.07, 6.45) is 4.25. The van der Waals surface area contributed by atoms with Crippen LogP contribution in [-0.4, -0.2) is 27.4 Å². The summed E-state index contributed by atoms with van der Waals surface area (Å²) in [5, 5.41) is 3.37. The third-order valence-electron chi connectivity index (χ3n) is 5.47. The third kappa shape index (κ3) is 6.97. The van der Waals surface area contributed by atoms with Gasteiger partial charge in [0, 0.05) is 11.6 Å². The van der Waals surface area contributed by atoms with Crippen LogP contribution in [0.1, 0.15) is 50.7 Å². The van der Waals surface area contributed by atoms with Crippen LogP contribution in [0.25, 0.3) is 0 Å². The zero-order valence-corrected chi connectivity index (χ0v) is 20.4. The average Bonchev–Trinajstić information content (AvgIpc) is 2.74. The van der Waals surface area contributed by atoms with Crippen molar-refractivity contribution in [2.24, 2.45) is 5.92 Å². The molecule has 0 bridgehead atoms. The van der Waals surface area contributed by atoms with Crippen molar-refractivity contribution in [2.75, 3.05) is 17.4 Å². The number of nitrogens with zero attached hydrogens (tertiary/aromatic N) is 1. The van der Waals surface area contributed by atoms with Gasteiger partial charge in [0.25, 0.3) is 10.0 Å². The molecule has 0 aromatic heterocycles. The first kappa shape index (κ1) is 25.2. The van der Waals surface area contributed by atoms with E-state index in [1.165, 1.54) is 0 Å². The minimum atomic E-state index is -3.94. The molecule has 0 spiro atoms. The van der Waals surface area contributed by atoms with Crippen LogP contribution >= 0.6 is 11.6 Å². The van der Waals surface area contributed by atoms with E-state index in [0.717, 1.165) is 41.1 Å². The second-order valence-corrected chi connectivity index (χ2v) is 10.2. The topological polar surface area (TPSA) is 66.5 Å². The van der Waals surface area contributed by atoms with E-state index in [2.05, 4.69) is 19.2 Å². The average molecular weight is 465 g/mol. The van der Waals surface area contributed by atoms with E-state index in [1.807, 2.05) is 13.8 Å². The minimum Gasteiger partial charge on any atom is -0.354 e. The molecule has 7 heteroatoms. The Bertz CT molecular complexity index is 975. The summed E-state index contributed by atoms with van der Waals surface area (Å²) in [6.45, 7) is 8.23. The standard InChI is InChI=1S/C24H33ClN2O3S/c1-5-7-8-20(6-2)16-26-24(28)17-27(21-12-11-19(4)23(25)15-21)31(29,30)22-13-9-18(3)10-14-22/h9-15,20H,5-8,16-17H2,1-4H3,(H,26,28)/t20-/m1/s1. The highest BCUT2D eigenvalue weighted by atomic mass is 35.5. The van der Waals surface area contributed by atoms with Crippen LogP contribution < -0.4 is 9.62 Å². The van der Waals surface area contributed by atoms with Gasteiger partial charge in [-0.05, 0) is 56.0 Å². The number of halogens is 1. The number of aryl methyl sites for hydroxylation is 2. The lowest BCUT2D eigenvalue weighted by Crippen LogP contribution is -2.42. The lowest BCUT2D eigenvalue weighted by molar-refractivity contribution is -0.119. The minimum absolute atomic E-state index is 0.136. The maximum absolute atomic E-state index is 13.4. The smallest absolute Gasteiger partial charge is 0.264 e. The van der Waals surface area contributed by atoms with Gasteiger partial charge in [-0.15, -0.1) is 0 Å². The van der Waals surface area contributed by atoms with Gasteiger partial charge in [-0.1, -0.05) is 68.5 Å². The van der Waals surface area contributed by atoms with Crippen LogP contribution in [0.2, 0.25) is 5.02 Å². The zero-order valence-electron chi connectivity index (χ0n) is 18.8. The summed E-state index contributed by atoms with van der Waals surface area (Å²) >= 11 is 6.26. The Morgan fingerprint density at radius 3 is 2.35 bits per heavy atom. The van der Waals surface area contributed by atoms with E-state index in [0.29, 0.717) is 23.2 Å². The fourth-order valence-corrected chi connectivity index (χ4v) is 4.86. The number of anilines is 1. The molecule has 2 aromatic carbocycles. The van der Waals surface area contributed by atoms with Crippen LogP contribution in [0.4, 0.5) is 5.69 Å². The van der Waals surface area contributed by atoms with Crippen molar-refractivity contribution in [1.82, 2.24) is 5.32 Å². The Kier molecular flexibility index (Phi) is 9.38. The molecule has 0 fully saturated rings. The lowest BCUT2D eigenvalue weighted by atomic mass is 9.99. The van der Waals surface area contributed by atoms with Crippen LogP contribution in [-0.2, 0) is 14.8 Å². The fourth-order valence-electron chi connectivity index (χ4n) is 3.28. The van der Waals surface area contributed by atoms with Gasteiger partial charge >= 0.3 is 0 Å². The highest BCUT2D eigenvalue weighted by Gasteiger charge is 2.27. The van der Waals surface area contributed by atoms with E-state index in [4.69, 9.17) is 11.6 Å². The van der Waals surface area contributed by atoms with Gasteiger partial charge in [0.1, 0.15) is 6.54 Å². The van der Waals surface area contributed by atoms with Crippen molar-refractivity contribution < 1.29 is 13.2 Å². The number of carbonyl (C=O) groups excluding carboxylic acids is 1. The molecule has 1 N–H and O–H groups in total. The van der Waals surface area contributed by atoms with E-state index < -0.39 is 10.0 Å².